The molecule has 0 aromatic carbocycles. The van der Waals surface area contributed by atoms with Crippen molar-refractivity contribution < 1.29 is 19.4 Å². The maximum Gasteiger partial charge on any atom is 0.407 e. The molecule has 6 nitrogen and oxygen atoms in total. The number of carbonyl (C=O) groups is 1. The van der Waals surface area contributed by atoms with Crippen molar-refractivity contribution in [1.82, 2.24) is 4.90 Å². The molecule has 1 fully saturated rings. The molecule has 1 rings (SSSR count). The van der Waals surface area contributed by atoms with E-state index in [2.05, 4.69) is 0 Å². The SMILES string of the molecule is COCOC1CCN(C(=O)O)CC1N. The molecule has 0 aliphatic carbocycles. The van der Waals surface area contributed by atoms with Gasteiger partial charge in [0.1, 0.15) is 6.79 Å². The van der Waals surface area contributed by atoms with E-state index in [1.165, 1.54) is 12.0 Å². The summed E-state index contributed by atoms with van der Waals surface area (Å²) in [6, 6.07) is -0.269. The molecule has 0 bridgehead atoms. The van der Waals surface area contributed by atoms with Gasteiger partial charge in [0.15, 0.2) is 0 Å². The Hall–Kier alpha value is -0.850. The molecule has 6 heteroatoms. The van der Waals surface area contributed by atoms with Crippen LogP contribution in [-0.2, 0) is 9.47 Å². The molecule has 0 radical (unpaired) electrons. The number of carboxylic acid groups (broad SMARTS) is 1. The summed E-state index contributed by atoms with van der Waals surface area (Å²) in [4.78, 5) is 11.9. The zero-order valence-electron chi connectivity index (χ0n) is 8.18. The number of hydrogen-bond donors (Lipinski definition) is 2. The Labute approximate surface area is 82.6 Å². The number of methoxy groups -OCH3 is 1. The van der Waals surface area contributed by atoms with Gasteiger partial charge in [-0.2, -0.15) is 0 Å². The first-order valence-corrected chi connectivity index (χ1v) is 4.49. The number of ether oxygens (including phenoxy) is 2. The highest BCUT2D eigenvalue weighted by Gasteiger charge is 2.29. The second kappa shape index (κ2) is 5.14. The van der Waals surface area contributed by atoms with Gasteiger partial charge in [-0.1, -0.05) is 0 Å². The minimum absolute atomic E-state index is 0.106. The average Bonchev–Trinajstić information content (AvgIpc) is 2.15. The number of nitrogens with two attached hydrogens (primary N) is 1. The zero-order chi connectivity index (χ0) is 10.6. The predicted octanol–water partition coefficient (Wildman–Crippen LogP) is -0.313. The number of amides is 1. The van der Waals surface area contributed by atoms with Crippen LogP contribution < -0.4 is 5.73 Å². The Kier molecular flexibility index (Phi) is 4.12. The van der Waals surface area contributed by atoms with Gasteiger partial charge in [-0.25, -0.2) is 4.79 Å². The van der Waals surface area contributed by atoms with E-state index in [9.17, 15) is 4.79 Å². The Bertz CT molecular complexity index is 200. The van der Waals surface area contributed by atoms with Gasteiger partial charge in [-0.15, -0.1) is 0 Å². The first-order chi connectivity index (χ1) is 6.65. The Balaban J connectivity index is 2.35. The molecule has 2 unspecified atom stereocenters. The number of rotatable bonds is 3. The predicted molar refractivity (Wildman–Crippen MR) is 48.9 cm³/mol. The summed E-state index contributed by atoms with van der Waals surface area (Å²) in [5, 5.41) is 8.72. The second-order valence-corrected chi connectivity index (χ2v) is 3.29. The number of nitrogens with zero attached hydrogens (tertiary/aromatic N) is 1. The quantitative estimate of drug-likeness (QED) is 0.616. The maximum atomic E-state index is 10.6. The molecule has 1 heterocycles. The minimum atomic E-state index is -0.925. The van der Waals surface area contributed by atoms with Gasteiger partial charge >= 0.3 is 6.09 Å². The largest absolute Gasteiger partial charge is 0.465 e. The summed E-state index contributed by atoms with van der Waals surface area (Å²) in [7, 11) is 1.54. The molecule has 0 saturated carbocycles. The molecule has 0 spiro atoms. The van der Waals surface area contributed by atoms with E-state index >= 15 is 0 Å². The van der Waals surface area contributed by atoms with E-state index in [0.717, 1.165) is 0 Å². The molecule has 14 heavy (non-hydrogen) atoms. The normalized spacial score (nSPS) is 27.7. The van der Waals surface area contributed by atoms with Gasteiger partial charge in [0.25, 0.3) is 0 Å². The van der Waals surface area contributed by atoms with Crippen molar-refractivity contribution >= 4 is 6.09 Å². The monoisotopic (exact) mass is 204 g/mol. The van der Waals surface area contributed by atoms with E-state index in [1.54, 1.807) is 0 Å². The van der Waals surface area contributed by atoms with Crippen LogP contribution in [-0.4, -0.2) is 55.2 Å². The smallest absolute Gasteiger partial charge is 0.407 e. The number of piperidine rings is 1. The summed E-state index contributed by atoms with van der Waals surface area (Å²) in [6.07, 6.45) is -0.409. The van der Waals surface area contributed by atoms with Crippen LogP contribution in [0.4, 0.5) is 4.79 Å². The molecule has 3 N–H and O–H groups in total. The summed E-state index contributed by atoms with van der Waals surface area (Å²) >= 11 is 0. The Morgan fingerprint density at radius 2 is 2.43 bits per heavy atom. The van der Waals surface area contributed by atoms with Crippen molar-refractivity contribution in [3.63, 3.8) is 0 Å². The zero-order valence-corrected chi connectivity index (χ0v) is 8.18. The van der Waals surface area contributed by atoms with Gasteiger partial charge in [-0.05, 0) is 6.42 Å². The molecule has 0 aromatic rings. The summed E-state index contributed by atoms with van der Waals surface area (Å²) < 4.78 is 10.1. The van der Waals surface area contributed by atoms with E-state index in [1.807, 2.05) is 0 Å². The molecule has 0 aromatic heterocycles. The summed E-state index contributed by atoms with van der Waals surface area (Å²) in [5.74, 6) is 0. The van der Waals surface area contributed by atoms with E-state index in [4.69, 9.17) is 20.3 Å². The van der Waals surface area contributed by atoms with Crippen LogP contribution in [0, 0.1) is 0 Å². The first-order valence-electron chi connectivity index (χ1n) is 4.49. The third kappa shape index (κ3) is 2.83. The lowest BCUT2D eigenvalue weighted by molar-refractivity contribution is -0.0934. The van der Waals surface area contributed by atoms with Crippen LogP contribution in [0.2, 0.25) is 0 Å². The van der Waals surface area contributed by atoms with Crippen molar-refractivity contribution in [2.45, 2.75) is 18.6 Å². The van der Waals surface area contributed by atoms with Gasteiger partial charge in [-0.3, -0.25) is 0 Å². The van der Waals surface area contributed by atoms with Crippen molar-refractivity contribution in [2.75, 3.05) is 27.0 Å². The summed E-state index contributed by atoms with van der Waals surface area (Å²) in [6.45, 7) is 0.993. The molecule has 1 saturated heterocycles. The van der Waals surface area contributed by atoms with Crippen molar-refractivity contribution in [2.24, 2.45) is 5.73 Å². The van der Waals surface area contributed by atoms with Crippen molar-refractivity contribution in [1.29, 1.82) is 0 Å². The van der Waals surface area contributed by atoms with E-state index in [-0.39, 0.29) is 18.9 Å². The molecular formula is C8H16N2O4. The topological polar surface area (TPSA) is 85.0 Å². The lowest BCUT2D eigenvalue weighted by atomic mass is 10.0. The number of likely N-dealkylation sites (tertiary alicyclic amines) is 1. The lowest BCUT2D eigenvalue weighted by Crippen LogP contribution is -2.53. The van der Waals surface area contributed by atoms with Crippen LogP contribution in [0.25, 0.3) is 0 Å². The standard InChI is InChI=1S/C8H16N2O4/c1-13-5-14-7-2-3-10(8(11)12)4-6(7)9/h6-7H,2-5,9H2,1H3,(H,11,12). The van der Waals surface area contributed by atoms with Crippen molar-refractivity contribution in [3.8, 4) is 0 Å². The third-order valence-corrected chi connectivity index (χ3v) is 2.26. The minimum Gasteiger partial charge on any atom is -0.465 e. The van der Waals surface area contributed by atoms with Gasteiger partial charge in [0.05, 0.1) is 6.10 Å². The molecular weight excluding hydrogens is 188 g/mol. The first kappa shape index (κ1) is 11.2. The molecule has 1 aliphatic heterocycles. The van der Waals surface area contributed by atoms with E-state index < -0.39 is 6.09 Å². The van der Waals surface area contributed by atoms with Gasteiger partial charge in [0.2, 0.25) is 0 Å². The number of hydrogen-bond acceptors (Lipinski definition) is 4. The highest BCUT2D eigenvalue weighted by Crippen LogP contribution is 2.12. The van der Waals surface area contributed by atoms with Crippen LogP contribution in [0.3, 0.4) is 0 Å². The highest BCUT2D eigenvalue weighted by atomic mass is 16.7. The molecule has 1 aliphatic rings. The molecule has 1 amide bonds. The van der Waals surface area contributed by atoms with Gasteiger partial charge in [0, 0.05) is 26.2 Å². The van der Waals surface area contributed by atoms with Crippen LogP contribution in [0.1, 0.15) is 6.42 Å². The Morgan fingerprint density at radius 3 is 2.93 bits per heavy atom. The van der Waals surface area contributed by atoms with Gasteiger partial charge < -0.3 is 25.2 Å². The van der Waals surface area contributed by atoms with Crippen molar-refractivity contribution in [3.05, 3.63) is 0 Å². The van der Waals surface area contributed by atoms with Crippen LogP contribution in [0.5, 0.6) is 0 Å². The highest BCUT2D eigenvalue weighted by molar-refractivity contribution is 5.65. The fourth-order valence-corrected chi connectivity index (χ4v) is 1.50. The van der Waals surface area contributed by atoms with E-state index in [0.29, 0.717) is 19.5 Å². The summed E-state index contributed by atoms with van der Waals surface area (Å²) in [5.41, 5.74) is 5.76. The second-order valence-electron chi connectivity index (χ2n) is 3.29. The van der Waals surface area contributed by atoms with Crippen LogP contribution in [0.15, 0.2) is 0 Å². The molecule has 82 valence electrons. The lowest BCUT2D eigenvalue weighted by Gasteiger charge is -2.34. The maximum absolute atomic E-state index is 10.6. The molecule has 2 atom stereocenters. The fourth-order valence-electron chi connectivity index (χ4n) is 1.50. The third-order valence-electron chi connectivity index (χ3n) is 2.26. The average molecular weight is 204 g/mol. The fraction of sp³-hybridized carbons (Fsp3) is 0.875. The van der Waals surface area contributed by atoms with Crippen LogP contribution >= 0.6 is 0 Å². The Morgan fingerprint density at radius 1 is 1.71 bits per heavy atom.